The summed E-state index contributed by atoms with van der Waals surface area (Å²) in [5.74, 6) is 0.612. The van der Waals surface area contributed by atoms with Crippen molar-refractivity contribution in [2.75, 3.05) is 13.1 Å². The molecule has 3 heterocycles. The summed E-state index contributed by atoms with van der Waals surface area (Å²) in [6.07, 6.45) is 7.21. The van der Waals surface area contributed by atoms with Gasteiger partial charge in [0.25, 0.3) is 5.91 Å². The van der Waals surface area contributed by atoms with Crippen LogP contribution in [0.5, 0.6) is 0 Å². The van der Waals surface area contributed by atoms with Crippen LogP contribution in [-0.2, 0) is 6.42 Å². The van der Waals surface area contributed by atoms with Gasteiger partial charge < -0.3 is 4.90 Å². The highest BCUT2D eigenvalue weighted by Crippen LogP contribution is 2.25. The molecule has 2 aromatic heterocycles. The van der Waals surface area contributed by atoms with Crippen molar-refractivity contribution in [3.8, 4) is 0 Å². The van der Waals surface area contributed by atoms with Crippen molar-refractivity contribution in [2.24, 2.45) is 5.92 Å². The average molecular weight is 317 g/mol. The summed E-state index contributed by atoms with van der Waals surface area (Å²) in [5.41, 5.74) is 3.08. The maximum Gasteiger partial charge on any atom is 0.253 e. The molecule has 4 nitrogen and oxygen atoms in total. The third-order valence-corrected chi connectivity index (χ3v) is 4.74. The molecular weight excluding hydrogens is 298 g/mol. The van der Waals surface area contributed by atoms with E-state index in [-0.39, 0.29) is 5.91 Å². The monoisotopic (exact) mass is 317 g/mol. The number of rotatable bonds is 3. The van der Waals surface area contributed by atoms with Crippen LogP contribution >= 0.6 is 0 Å². The fourth-order valence-electron chi connectivity index (χ4n) is 3.52. The number of fused-ring (bicyclic) bond motifs is 1. The van der Waals surface area contributed by atoms with Crippen molar-refractivity contribution >= 4 is 16.8 Å². The summed E-state index contributed by atoms with van der Waals surface area (Å²) in [5, 5.41) is 1.22. The molecule has 1 saturated heterocycles. The average Bonchev–Trinajstić information content (AvgIpc) is 3.11. The third-order valence-electron chi connectivity index (χ3n) is 4.74. The normalized spacial score (nSPS) is 17.3. The van der Waals surface area contributed by atoms with Crippen molar-refractivity contribution in [1.29, 1.82) is 0 Å². The molecule has 0 spiro atoms. The van der Waals surface area contributed by atoms with Crippen LogP contribution in [0.4, 0.5) is 0 Å². The fourth-order valence-corrected chi connectivity index (χ4v) is 3.52. The van der Waals surface area contributed by atoms with Crippen LogP contribution in [0.25, 0.3) is 10.9 Å². The Labute approximate surface area is 141 Å². The smallest absolute Gasteiger partial charge is 0.253 e. The molecule has 24 heavy (non-hydrogen) atoms. The van der Waals surface area contributed by atoms with Gasteiger partial charge >= 0.3 is 0 Å². The molecule has 0 N–H and O–H groups in total. The highest BCUT2D eigenvalue weighted by atomic mass is 16.2. The standard InChI is InChI=1S/C20H19N3O/c24-20(16-6-10-21-11-7-16)23-12-8-15(14-23)13-17-3-1-5-19-18(17)4-2-9-22-19/h1-7,9-11,15H,8,12-14H2. The minimum absolute atomic E-state index is 0.111. The zero-order chi connectivity index (χ0) is 16.4. The Morgan fingerprint density at radius 3 is 2.83 bits per heavy atom. The molecule has 1 aromatic carbocycles. The van der Waals surface area contributed by atoms with Crippen LogP contribution in [0.2, 0.25) is 0 Å². The number of carbonyl (C=O) groups is 1. The minimum atomic E-state index is 0.111. The number of amides is 1. The summed E-state index contributed by atoms with van der Waals surface area (Å²) in [6.45, 7) is 1.65. The molecule has 1 unspecified atom stereocenters. The summed E-state index contributed by atoms with van der Waals surface area (Å²) in [6, 6.07) is 14.0. The molecule has 1 amide bonds. The Balaban J connectivity index is 1.48. The predicted octanol–water partition coefficient (Wildman–Crippen LogP) is 3.33. The fraction of sp³-hybridized carbons (Fsp3) is 0.250. The second-order valence-electron chi connectivity index (χ2n) is 6.33. The number of hydrogen-bond donors (Lipinski definition) is 0. The number of aromatic nitrogens is 2. The first kappa shape index (κ1) is 14.8. The van der Waals surface area contributed by atoms with Crippen LogP contribution in [0.15, 0.2) is 61.1 Å². The third kappa shape index (κ3) is 2.87. The van der Waals surface area contributed by atoms with E-state index in [1.165, 1.54) is 10.9 Å². The lowest BCUT2D eigenvalue weighted by molar-refractivity contribution is 0.0787. The Morgan fingerprint density at radius 2 is 1.96 bits per heavy atom. The number of likely N-dealkylation sites (tertiary alicyclic amines) is 1. The van der Waals surface area contributed by atoms with E-state index < -0.39 is 0 Å². The molecule has 4 rings (SSSR count). The second-order valence-corrected chi connectivity index (χ2v) is 6.33. The zero-order valence-electron chi connectivity index (χ0n) is 13.4. The van der Waals surface area contributed by atoms with Gasteiger partial charge in [-0.2, -0.15) is 0 Å². The molecule has 1 aliphatic heterocycles. The van der Waals surface area contributed by atoms with Crippen LogP contribution in [0.3, 0.4) is 0 Å². The van der Waals surface area contributed by atoms with Crippen LogP contribution in [0, 0.1) is 5.92 Å². The van der Waals surface area contributed by atoms with E-state index in [1.807, 2.05) is 23.2 Å². The van der Waals surface area contributed by atoms with Gasteiger partial charge in [0.1, 0.15) is 0 Å². The maximum absolute atomic E-state index is 12.5. The Morgan fingerprint density at radius 1 is 1.08 bits per heavy atom. The maximum atomic E-state index is 12.5. The molecule has 4 heteroatoms. The highest BCUT2D eigenvalue weighted by molar-refractivity contribution is 5.94. The van der Waals surface area contributed by atoms with Crippen molar-refractivity contribution in [3.63, 3.8) is 0 Å². The van der Waals surface area contributed by atoms with Crippen molar-refractivity contribution < 1.29 is 4.79 Å². The number of hydrogen-bond acceptors (Lipinski definition) is 3. The van der Waals surface area contributed by atoms with Gasteiger partial charge in [0.05, 0.1) is 5.52 Å². The van der Waals surface area contributed by atoms with Gasteiger partial charge in [-0.15, -0.1) is 0 Å². The second kappa shape index (κ2) is 6.40. The Kier molecular flexibility index (Phi) is 3.95. The molecule has 3 aromatic rings. The molecule has 0 aliphatic carbocycles. The molecule has 1 atom stereocenters. The van der Waals surface area contributed by atoms with Gasteiger partial charge in [-0.25, -0.2) is 0 Å². The van der Waals surface area contributed by atoms with Crippen LogP contribution in [0.1, 0.15) is 22.3 Å². The first-order valence-corrected chi connectivity index (χ1v) is 8.33. The number of pyridine rings is 2. The summed E-state index contributed by atoms with van der Waals surface area (Å²) in [7, 11) is 0. The first-order valence-electron chi connectivity index (χ1n) is 8.33. The number of nitrogens with zero attached hydrogens (tertiary/aromatic N) is 3. The van der Waals surface area contributed by atoms with Crippen molar-refractivity contribution in [1.82, 2.24) is 14.9 Å². The summed E-state index contributed by atoms with van der Waals surface area (Å²) < 4.78 is 0. The van der Waals surface area contributed by atoms with Crippen molar-refractivity contribution in [3.05, 3.63) is 72.2 Å². The molecule has 0 radical (unpaired) electrons. The summed E-state index contributed by atoms with van der Waals surface area (Å²) in [4.78, 5) is 22.9. The van der Waals surface area contributed by atoms with Gasteiger partial charge in [-0.3, -0.25) is 14.8 Å². The van der Waals surface area contributed by atoms with E-state index in [0.29, 0.717) is 5.92 Å². The van der Waals surface area contributed by atoms with E-state index >= 15 is 0 Å². The quantitative estimate of drug-likeness (QED) is 0.744. The molecule has 120 valence electrons. The largest absolute Gasteiger partial charge is 0.338 e. The van der Waals surface area contributed by atoms with Gasteiger partial charge in [-0.1, -0.05) is 18.2 Å². The molecule has 0 saturated carbocycles. The van der Waals surface area contributed by atoms with Gasteiger partial charge in [0.15, 0.2) is 0 Å². The van der Waals surface area contributed by atoms with Gasteiger partial charge in [0, 0.05) is 42.6 Å². The molecule has 1 aliphatic rings. The Bertz CT molecular complexity index is 858. The molecular formula is C20H19N3O. The van der Waals surface area contributed by atoms with E-state index in [1.54, 1.807) is 24.5 Å². The van der Waals surface area contributed by atoms with Crippen molar-refractivity contribution in [2.45, 2.75) is 12.8 Å². The zero-order valence-corrected chi connectivity index (χ0v) is 13.4. The lowest BCUT2D eigenvalue weighted by atomic mass is 9.96. The van der Waals surface area contributed by atoms with E-state index in [4.69, 9.17) is 0 Å². The van der Waals surface area contributed by atoms with Gasteiger partial charge in [-0.05, 0) is 48.6 Å². The SMILES string of the molecule is O=C(c1ccncc1)N1CCC(Cc2cccc3ncccc23)C1. The topological polar surface area (TPSA) is 46.1 Å². The molecule has 1 fully saturated rings. The first-order chi connectivity index (χ1) is 11.8. The lowest BCUT2D eigenvalue weighted by Gasteiger charge is -2.17. The minimum Gasteiger partial charge on any atom is -0.338 e. The van der Waals surface area contributed by atoms with E-state index in [9.17, 15) is 4.79 Å². The van der Waals surface area contributed by atoms with E-state index in [2.05, 4.69) is 28.2 Å². The van der Waals surface area contributed by atoms with Crippen LogP contribution < -0.4 is 0 Å². The predicted molar refractivity (Wildman–Crippen MR) is 93.7 cm³/mol. The Hall–Kier alpha value is -2.75. The summed E-state index contributed by atoms with van der Waals surface area (Å²) >= 11 is 0. The number of benzene rings is 1. The molecule has 0 bridgehead atoms. The highest BCUT2D eigenvalue weighted by Gasteiger charge is 2.27. The van der Waals surface area contributed by atoms with E-state index in [0.717, 1.165) is 37.0 Å². The van der Waals surface area contributed by atoms with Crippen LogP contribution in [-0.4, -0.2) is 33.9 Å². The van der Waals surface area contributed by atoms with Gasteiger partial charge in [0.2, 0.25) is 0 Å². The lowest BCUT2D eigenvalue weighted by Crippen LogP contribution is -2.28. The number of carbonyl (C=O) groups excluding carboxylic acids is 1.